The van der Waals surface area contributed by atoms with Crippen LogP contribution >= 0.6 is 0 Å². The maximum absolute atomic E-state index is 12.6. The first-order valence-electron chi connectivity index (χ1n) is 9.01. The molecule has 0 aromatic carbocycles. The minimum Gasteiger partial charge on any atom is -0.350 e. The van der Waals surface area contributed by atoms with Gasteiger partial charge >= 0.3 is 0 Å². The molecule has 2 aromatic rings. The molecule has 1 amide bonds. The number of hydrogen-bond acceptors (Lipinski definition) is 4. The summed E-state index contributed by atoms with van der Waals surface area (Å²) in [6.07, 6.45) is 7.42. The summed E-state index contributed by atoms with van der Waals surface area (Å²) < 4.78 is 0. The van der Waals surface area contributed by atoms with Crippen molar-refractivity contribution in [2.75, 3.05) is 19.6 Å². The van der Waals surface area contributed by atoms with Crippen molar-refractivity contribution >= 4 is 5.91 Å². The van der Waals surface area contributed by atoms with E-state index in [0.29, 0.717) is 12.1 Å². The van der Waals surface area contributed by atoms with Gasteiger partial charge in [-0.1, -0.05) is 12.5 Å². The van der Waals surface area contributed by atoms with Gasteiger partial charge in [0, 0.05) is 35.9 Å². The highest BCUT2D eigenvalue weighted by atomic mass is 16.1. The topological polar surface area (TPSA) is 58.1 Å². The van der Waals surface area contributed by atoms with Gasteiger partial charge in [-0.25, -0.2) is 0 Å². The lowest BCUT2D eigenvalue weighted by molar-refractivity contribution is 0.0924. The minimum atomic E-state index is -0.0421. The number of amides is 1. The predicted octanol–water partition coefficient (Wildman–Crippen LogP) is 3.05. The van der Waals surface area contributed by atoms with Crippen LogP contribution in [0.1, 0.15) is 52.6 Å². The second-order valence-electron chi connectivity index (χ2n) is 6.75. The van der Waals surface area contributed by atoms with E-state index in [4.69, 9.17) is 0 Å². The highest BCUT2D eigenvalue weighted by Gasteiger charge is 2.23. The molecule has 1 aliphatic heterocycles. The molecule has 3 rings (SSSR count). The third-order valence-electron chi connectivity index (χ3n) is 4.70. The second-order valence-corrected chi connectivity index (χ2v) is 6.75. The third kappa shape index (κ3) is 4.63. The largest absolute Gasteiger partial charge is 0.350 e. The van der Waals surface area contributed by atoms with Crippen LogP contribution in [-0.4, -0.2) is 40.4 Å². The summed E-state index contributed by atoms with van der Waals surface area (Å²) in [6.45, 7) is 6.56. The van der Waals surface area contributed by atoms with Gasteiger partial charge in [0.05, 0.1) is 6.04 Å². The lowest BCUT2D eigenvalue weighted by Crippen LogP contribution is -2.40. The average Bonchev–Trinajstić information content (AvgIpc) is 2.63. The first-order valence-corrected chi connectivity index (χ1v) is 9.01. The van der Waals surface area contributed by atoms with Gasteiger partial charge in [-0.15, -0.1) is 0 Å². The number of aromatic nitrogens is 2. The summed E-state index contributed by atoms with van der Waals surface area (Å²) in [5.41, 5.74) is 3.57. The first-order chi connectivity index (χ1) is 12.1. The van der Waals surface area contributed by atoms with E-state index in [1.54, 1.807) is 6.20 Å². The van der Waals surface area contributed by atoms with E-state index < -0.39 is 0 Å². The van der Waals surface area contributed by atoms with Crippen LogP contribution in [0.15, 0.2) is 36.7 Å². The number of rotatable bonds is 5. The third-order valence-corrected chi connectivity index (χ3v) is 4.70. The fourth-order valence-electron chi connectivity index (χ4n) is 3.52. The normalized spacial score (nSPS) is 16.4. The SMILES string of the molecule is Cc1cc(C(=O)NC[C@@H](c2cccnc2)N2CCCCC2)cc(C)n1. The van der Waals surface area contributed by atoms with Crippen LogP contribution in [0.5, 0.6) is 0 Å². The van der Waals surface area contributed by atoms with Gasteiger partial charge in [-0.05, 0) is 63.5 Å². The molecular weight excluding hydrogens is 312 g/mol. The van der Waals surface area contributed by atoms with Crippen LogP contribution in [-0.2, 0) is 0 Å². The number of pyridine rings is 2. The summed E-state index contributed by atoms with van der Waals surface area (Å²) in [5.74, 6) is -0.0421. The Morgan fingerprint density at radius 3 is 2.56 bits per heavy atom. The molecule has 0 unspecified atom stereocenters. The number of nitrogens with one attached hydrogen (secondary N) is 1. The smallest absolute Gasteiger partial charge is 0.251 e. The van der Waals surface area contributed by atoms with Crippen molar-refractivity contribution in [2.24, 2.45) is 0 Å². The summed E-state index contributed by atoms with van der Waals surface area (Å²) in [6, 6.07) is 7.90. The van der Waals surface area contributed by atoms with E-state index in [2.05, 4.69) is 26.3 Å². The Kier molecular flexibility index (Phi) is 5.76. The number of piperidine rings is 1. The summed E-state index contributed by atoms with van der Waals surface area (Å²) in [5, 5.41) is 3.11. The van der Waals surface area contributed by atoms with Crippen molar-refractivity contribution < 1.29 is 4.79 Å². The van der Waals surface area contributed by atoms with Gasteiger partial charge in [-0.2, -0.15) is 0 Å². The molecule has 5 nitrogen and oxygen atoms in total. The fraction of sp³-hybridized carbons (Fsp3) is 0.450. The molecule has 0 spiro atoms. The molecule has 5 heteroatoms. The molecule has 1 aliphatic rings. The van der Waals surface area contributed by atoms with Crippen molar-refractivity contribution in [1.29, 1.82) is 0 Å². The summed E-state index contributed by atoms with van der Waals surface area (Å²) in [4.78, 5) is 23.7. The van der Waals surface area contributed by atoms with E-state index in [1.165, 1.54) is 19.3 Å². The zero-order valence-corrected chi connectivity index (χ0v) is 15.0. The van der Waals surface area contributed by atoms with Gasteiger partial charge in [0.2, 0.25) is 0 Å². The molecule has 25 heavy (non-hydrogen) atoms. The van der Waals surface area contributed by atoms with Gasteiger partial charge in [-0.3, -0.25) is 19.7 Å². The first kappa shape index (κ1) is 17.5. The fourth-order valence-corrected chi connectivity index (χ4v) is 3.52. The van der Waals surface area contributed by atoms with E-state index in [0.717, 1.165) is 30.0 Å². The molecule has 0 saturated carbocycles. The Balaban J connectivity index is 1.72. The zero-order valence-electron chi connectivity index (χ0n) is 15.0. The molecule has 0 bridgehead atoms. The highest BCUT2D eigenvalue weighted by Crippen LogP contribution is 2.23. The molecule has 1 saturated heterocycles. The minimum absolute atomic E-state index is 0.0421. The Bertz CT molecular complexity index is 691. The number of carbonyl (C=O) groups is 1. The maximum atomic E-state index is 12.6. The zero-order chi connectivity index (χ0) is 17.6. The predicted molar refractivity (Wildman–Crippen MR) is 98.4 cm³/mol. The van der Waals surface area contributed by atoms with Crippen molar-refractivity contribution in [3.63, 3.8) is 0 Å². The molecule has 132 valence electrons. The molecule has 0 aliphatic carbocycles. The Morgan fingerprint density at radius 2 is 1.92 bits per heavy atom. The van der Waals surface area contributed by atoms with E-state index in [9.17, 15) is 4.79 Å². The van der Waals surface area contributed by atoms with E-state index in [1.807, 2.05) is 38.2 Å². The van der Waals surface area contributed by atoms with Gasteiger partial charge in [0.25, 0.3) is 5.91 Å². The highest BCUT2D eigenvalue weighted by molar-refractivity contribution is 5.94. The molecule has 2 aromatic heterocycles. The number of aryl methyl sites for hydroxylation is 2. The van der Waals surface area contributed by atoms with Crippen molar-refractivity contribution in [1.82, 2.24) is 20.2 Å². The Morgan fingerprint density at radius 1 is 1.20 bits per heavy atom. The molecule has 1 atom stereocenters. The van der Waals surface area contributed by atoms with Gasteiger partial charge in [0.15, 0.2) is 0 Å². The Hall–Kier alpha value is -2.27. The van der Waals surface area contributed by atoms with Gasteiger partial charge < -0.3 is 5.32 Å². The van der Waals surface area contributed by atoms with Gasteiger partial charge in [0.1, 0.15) is 0 Å². The van der Waals surface area contributed by atoms with Crippen molar-refractivity contribution in [3.8, 4) is 0 Å². The standard InChI is InChI=1S/C20H26N4O/c1-15-11-18(12-16(2)23-15)20(25)22-14-19(17-7-6-8-21-13-17)24-9-4-3-5-10-24/h6-8,11-13,19H,3-5,9-10,14H2,1-2H3,(H,22,25)/t19-/m0/s1. The number of carbonyl (C=O) groups excluding carboxylic acids is 1. The van der Waals surface area contributed by atoms with Crippen LogP contribution in [0, 0.1) is 13.8 Å². The lowest BCUT2D eigenvalue weighted by atomic mass is 10.0. The molecule has 1 N–H and O–H groups in total. The van der Waals surface area contributed by atoms with E-state index in [-0.39, 0.29) is 11.9 Å². The molecule has 0 radical (unpaired) electrons. The summed E-state index contributed by atoms with van der Waals surface area (Å²) in [7, 11) is 0. The monoisotopic (exact) mass is 338 g/mol. The van der Waals surface area contributed by atoms with Crippen molar-refractivity contribution in [3.05, 3.63) is 59.2 Å². The molecule has 1 fully saturated rings. The second kappa shape index (κ2) is 8.21. The number of likely N-dealkylation sites (tertiary alicyclic amines) is 1. The van der Waals surface area contributed by atoms with Crippen LogP contribution in [0.2, 0.25) is 0 Å². The lowest BCUT2D eigenvalue weighted by Gasteiger charge is -2.34. The van der Waals surface area contributed by atoms with Crippen molar-refractivity contribution in [2.45, 2.75) is 39.2 Å². The average molecular weight is 338 g/mol. The van der Waals surface area contributed by atoms with Crippen LogP contribution < -0.4 is 5.32 Å². The molecular formula is C20H26N4O. The number of hydrogen-bond donors (Lipinski definition) is 1. The molecule has 3 heterocycles. The van der Waals surface area contributed by atoms with Crippen LogP contribution in [0.4, 0.5) is 0 Å². The van der Waals surface area contributed by atoms with Crippen LogP contribution in [0.25, 0.3) is 0 Å². The quantitative estimate of drug-likeness (QED) is 0.910. The number of nitrogens with zero attached hydrogens (tertiary/aromatic N) is 3. The van der Waals surface area contributed by atoms with Crippen LogP contribution in [0.3, 0.4) is 0 Å². The summed E-state index contributed by atoms with van der Waals surface area (Å²) >= 11 is 0. The maximum Gasteiger partial charge on any atom is 0.251 e. The Labute approximate surface area is 149 Å². The van der Waals surface area contributed by atoms with E-state index >= 15 is 0 Å².